The van der Waals surface area contributed by atoms with Crippen molar-refractivity contribution in [3.63, 3.8) is 0 Å². The van der Waals surface area contributed by atoms with Crippen LogP contribution in [0.15, 0.2) is 40.3 Å². The van der Waals surface area contributed by atoms with Crippen LogP contribution in [0.3, 0.4) is 0 Å². The van der Waals surface area contributed by atoms with Gasteiger partial charge in [-0.1, -0.05) is 35.5 Å². The van der Waals surface area contributed by atoms with Gasteiger partial charge in [-0.25, -0.2) is 8.42 Å². The molecular formula is C21H27N3O4S. The van der Waals surface area contributed by atoms with Crippen LogP contribution >= 0.6 is 0 Å². The number of hydrogen-bond donors (Lipinski definition) is 0. The van der Waals surface area contributed by atoms with Crippen LogP contribution in [0.2, 0.25) is 0 Å². The van der Waals surface area contributed by atoms with Gasteiger partial charge < -0.3 is 9.42 Å². The predicted octanol–water partition coefficient (Wildman–Crippen LogP) is 2.41. The summed E-state index contributed by atoms with van der Waals surface area (Å²) in [4.78, 5) is 16.5. The Kier molecular flexibility index (Phi) is 6.87. The first-order valence-electron chi connectivity index (χ1n) is 9.72. The highest BCUT2D eigenvalue weighted by molar-refractivity contribution is 7.95. The highest BCUT2D eigenvalue weighted by atomic mass is 32.2. The lowest BCUT2D eigenvalue weighted by Gasteiger charge is -2.21. The monoisotopic (exact) mass is 417 g/mol. The van der Waals surface area contributed by atoms with E-state index in [1.54, 1.807) is 4.90 Å². The highest BCUT2D eigenvalue weighted by Crippen LogP contribution is 2.16. The summed E-state index contributed by atoms with van der Waals surface area (Å²) < 4.78 is 29.9. The number of aryl methyl sites for hydroxylation is 2. The average Bonchev–Trinajstić information content (AvgIpc) is 2.88. The minimum Gasteiger partial charge on any atom is -0.361 e. The SMILES string of the molecule is Cc1noc(C)c1CN1CCCN(C(=O)CS(=O)(=O)C=Cc2ccccc2)CC1. The third kappa shape index (κ3) is 6.01. The van der Waals surface area contributed by atoms with Crippen molar-refractivity contribution in [2.45, 2.75) is 26.8 Å². The zero-order chi connectivity index (χ0) is 20.9. The smallest absolute Gasteiger partial charge is 0.238 e. The topological polar surface area (TPSA) is 83.7 Å². The molecule has 1 aromatic carbocycles. The van der Waals surface area contributed by atoms with E-state index in [1.165, 1.54) is 6.08 Å². The van der Waals surface area contributed by atoms with Gasteiger partial charge in [-0.2, -0.15) is 0 Å². The quantitative estimate of drug-likeness (QED) is 0.718. The molecule has 3 rings (SSSR count). The van der Waals surface area contributed by atoms with Crippen molar-refractivity contribution in [1.29, 1.82) is 0 Å². The molecule has 156 valence electrons. The van der Waals surface area contributed by atoms with Crippen molar-refractivity contribution >= 4 is 21.8 Å². The Balaban J connectivity index is 1.55. The van der Waals surface area contributed by atoms with Gasteiger partial charge in [0.1, 0.15) is 11.5 Å². The Morgan fingerprint density at radius 2 is 1.90 bits per heavy atom. The molecule has 7 nitrogen and oxygen atoms in total. The summed E-state index contributed by atoms with van der Waals surface area (Å²) >= 11 is 0. The molecule has 1 aromatic heterocycles. The van der Waals surface area contributed by atoms with Crippen LogP contribution in [0.4, 0.5) is 0 Å². The molecule has 1 aliphatic rings. The van der Waals surface area contributed by atoms with E-state index < -0.39 is 15.6 Å². The van der Waals surface area contributed by atoms with E-state index in [4.69, 9.17) is 4.52 Å². The molecule has 1 fully saturated rings. The van der Waals surface area contributed by atoms with Crippen LogP contribution < -0.4 is 0 Å². The summed E-state index contributed by atoms with van der Waals surface area (Å²) in [7, 11) is -3.61. The van der Waals surface area contributed by atoms with Gasteiger partial charge in [0.15, 0.2) is 9.84 Å². The van der Waals surface area contributed by atoms with Gasteiger partial charge in [0.25, 0.3) is 0 Å². The largest absolute Gasteiger partial charge is 0.361 e. The summed E-state index contributed by atoms with van der Waals surface area (Å²) in [6.45, 7) is 7.16. The van der Waals surface area contributed by atoms with Crippen LogP contribution in [0, 0.1) is 13.8 Å². The molecule has 0 bridgehead atoms. The molecule has 0 radical (unpaired) electrons. The van der Waals surface area contributed by atoms with Crippen LogP contribution in [0.25, 0.3) is 6.08 Å². The van der Waals surface area contributed by atoms with Gasteiger partial charge in [-0.15, -0.1) is 0 Å². The Morgan fingerprint density at radius 3 is 2.59 bits per heavy atom. The Morgan fingerprint density at radius 1 is 1.14 bits per heavy atom. The maximum atomic E-state index is 12.6. The number of rotatable bonds is 6. The minimum atomic E-state index is -3.61. The second-order valence-electron chi connectivity index (χ2n) is 7.33. The molecule has 0 N–H and O–H groups in total. The van der Waals surface area contributed by atoms with Crippen molar-refractivity contribution in [2.75, 3.05) is 31.9 Å². The number of carbonyl (C=O) groups excluding carboxylic acids is 1. The van der Waals surface area contributed by atoms with Gasteiger partial charge in [-0.05, 0) is 31.9 Å². The van der Waals surface area contributed by atoms with Gasteiger partial charge >= 0.3 is 0 Å². The Labute approximate surface area is 171 Å². The van der Waals surface area contributed by atoms with Crippen molar-refractivity contribution in [2.24, 2.45) is 0 Å². The lowest BCUT2D eigenvalue weighted by Crippen LogP contribution is -2.38. The predicted molar refractivity (Wildman–Crippen MR) is 112 cm³/mol. The third-order valence-corrected chi connectivity index (χ3v) is 6.30. The fraction of sp³-hybridized carbons (Fsp3) is 0.429. The fourth-order valence-electron chi connectivity index (χ4n) is 3.39. The van der Waals surface area contributed by atoms with E-state index in [2.05, 4.69) is 10.1 Å². The van der Waals surface area contributed by atoms with Crippen LogP contribution in [0.5, 0.6) is 0 Å². The zero-order valence-electron chi connectivity index (χ0n) is 16.9. The molecular weight excluding hydrogens is 390 g/mol. The lowest BCUT2D eigenvalue weighted by atomic mass is 10.2. The number of hydrogen-bond acceptors (Lipinski definition) is 6. The average molecular weight is 418 g/mol. The minimum absolute atomic E-state index is 0.345. The number of sulfone groups is 1. The van der Waals surface area contributed by atoms with E-state index in [1.807, 2.05) is 44.2 Å². The highest BCUT2D eigenvalue weighted by Gasteiger charge is 2.24. The van der Waals surface area contributed by atoms with Crippen molar-refractivity contribution < 1.29 is 17.7 Å². The van der Waals surface area contributed by atoms with Gasteiger partial charge in [0.05, 0.1) is 5.69 Å². The summed E-state index contributed by atoms with van der Waals surface area (Å²) in [6.07, 6.45) is 2.32. The van der Waals surface area contributed by atoms with E-state index in [-0.39, 0.29) is 5.91 Å². The fourth-order valence-corrected chi connectivity index (χ4v) is 4.38. The van der Waals surface area contributed by atoms with Crippen molar-refractivity contribution in [3.8, 4) is 0 Å². The standard InChI is InChI=1S/C21H27N3O4S/c1-17-20(18(2)28-22-17)15-23-10-6-11-24(13-12-23)21(25)16-29(26,27)14-9-19-7-4-3-5-8-19/h3-5,7-9,14H,6,10-13,15-16H2,1-2H3. The molecule has 0 unspecified atom stereocenters. The Hall–Kier alpha value is -2.45. The van der Waals surface area contributed by atoms with Crippen molar-refractivity contribution in [3.05, 3.63) is 58.3 Å². The van der Waals surface area contributed by atoms with Crippen molar-refractivity contribution in [1.82, 2.24) is 15.0 Å². The number of carbonyl (C=O) groups is 1. The molecule has 2 aromatic rings. The number of nitrogens with zero attached hydrogens (tertiary/aromatic N) is 3. The molecule has 0 atom stereocenters. The summed E-state index contributed by atoms with van der Waals surface area (Å²) in [5.41, 5.74) is 2.75. The van der Waals surface area contributed by atoms with Crippen LogP contribution in [-0.2, 0) is 21.2 Å². The summed E-state index contributed by atoms with van der Waals surface area (Å²) in [5.74, 6) is -0.0295. The Bertz CT molecular complexity index is 948. The first-order chi connectivity index (χ1) is 13.8. The maximum absolute atomic E-state index is 12.6. The molecule has 29 heavy (non-hydrogen) atoms. The van der Waals surface area contributed by atoms with E-state index in [9.17, 15) is 13.2 Å². The van der Waals surface area contributed by atoms with Gasteiger partial charge in [0, 0.05) is 43.7 Å². The summed E-state index contributed by atoms with van der Waals surface area (Å²) in [6, 6.07) is 9.17. The second-order valence-corrected chi connectivity index (χ2v) is 9.22. The van der Waals surface area contributed by atoms with E-state index in [0.717, 1.165) is 47.5 Å². The van der Waals surface area contributed by atoms with Gasteiger partial charge in [-0.3, -0.25) is 9.69 Å². The first kappa shape index (κ1) is 21.3. The molecule has 1 amide bonds. The van der Waals surface area contributed by atoms with E-state index >= 15 is 0 Å². The lowest BCUT2D eigenvalue weighted by molar-refractivity contribution is -0.128. The third-order valence-electron chi connectivity index (χ3n) is 5.10. The van der Waals surface area contributed by atoms with Gasteiger partial charge in [0.2, 0.25) is 5.91 Å². The molecule has 0 aliphatic carbocycles. The van der Waals surface area contributed by atoms with Crippen LogP contribution in [0.1, 0.15) is 29.0 Å². The number of benzene rings is 1. The molecule has 0 saturated carbocycles. The van der Waals surface area contributed by atoms with E-state index in [0.29, 0.717) is 19.6 Å². The molecule has 8 heteroatoms. The maximum Gasteiger partial charge on any atom is 0.238 e. The molecule has 1 saturated heterocycles. The zero-order valence-corrected chi connectivity index (χ0v) is 17.7. The second kappa shape index (κ2) is 9.37. The molecule has 1 aliphatic heterocycles. The van der Waals surface area contributed by atoms with Crippen LogP contribution in [-0.4, -0.2) is 61.2 Å². The molecule has 0 spiro atoms. The molecule has 2 heterocycles. The normalized spacial score (nSPS) is 16.3. The first-order valence-corrected chi connectivity index (χ1v) is 11.4. The summed E-state index contributed by atoms with van der Waals surface area (Å²) in [5, 5.41) is 5.12. The number of aromatic nitrogens is 1. The number of amides is 1.